The molecule has 2 aromatic rings. The van der Waals surface area contributed by atoms with Gasteiger partial charge in [-0.2, -0.15) is 0 Å². The summed E-state index contributed by atoms with van der Waals surface area (Å²) in [5.41, 5.74) is 1.84. The van der Waals surface area contributed by atoms with Gasteiger partial charge in [-0.3, -0.25) is 4.79 Å². The Hall–Kier alpha value is -1.87. The van der Waals surface area contributed by atoms with E-state index in [9.17, 15) is 9.18 Å². The summed E-state index contributed by atoms with van der Waals surface area (Å²) < 4.78 is 18.4. The Morgan fingerprint density at radius 2 is 1.90 bits per heavy atom. The van der Waals surface area contributed by atoms with Gasteiger partial charge in [0.05, 0.1) is 12.1 Å². The van der Waals surface area contributed by atoms with Crippen LogP contribution >= 0.6 is 11.6 Å². The normalized spacial score (nSPS) is 10.5. The lowest BCUT2D eigenvalue weighted by molar-refractivity contribution is 0.0983. The minimum absolute atomic E-state index is 0.0843. The van der Waals surface area contributed by atoms with Gasteiger partial charge in [-0.1, -0.05) is 23.7 Å². The Morgan fingerprint density at radius 3 is 2.52 bits per heavy atom. The number of hydrogen-bond acceptors (Lipinski definition) is 2. The summed E-state index contributed by atoms with van der Waals surface area (Å²) >= 11 is 5.94. The third-order valence-corrected chi connectivity index (χ3v) is 3.66. The monoisotopic (exact) mass is 306 g/mol. The first kappa shape index (κ1) is 15.5. The molecule has 0 aliphatic heterocycles. The van der Waals surface area contributed by atoms with Gasteiger partial charge < -0.3 is 4.74 Å². The number of halogens is 2. The molecule has 0 saturated carbocycles. The highest BCUT2D eigenvalue weighted by molar-refractivity contribution is 6.34. The van der Waals surface area contributed by atoms with Gasteiger partial charge in [0.25, 0.3) is 0 Å². The molecule has 0 aromatic heterocycles. The fourth-order valence-electron chi connectivity index (χ4n) is 2.06. The van der Waals surface area contributed by atoms with Gasteiger partial charge in [-0.05, 0) is 48.7 Å². The molecule has 0 atom stereocenters. The SMILES string of the molecule is COc1ccc(CCC(=O)c2cc(C)c(F)cc2Cl)cc1. The molecule has 0 spiro atoms. The van der Waals surface area contributed by atoms with E-state index in [2.05, 4.69) is 0 Å². The number of aryl methyl sites for hydroxylation is 2. The third-order valence-electron chi connectivity index (χ3n) is 3.35. The van der Waals surface area contributed by atoms with E-state index >= 15 is 0 Å². The number of methoxy groups -OCH3 is 1. The fraction of sp³-hybridized carbons (Fsp3) is 0.235. The Kier molecular flexibility index (Phi) is 4.97. The zero-order valence-corrected chi connectivity index (χ0v) is 12.7. The molecule has 0 aliphatic carbocycles. The maximum atomic E-state index is 13.3. The molecule has 2 nitrogen and oxygen atoms in total. The van der Waals surface area contributed by atoms with E-state index in [4.69, 9.17) is 16.3 Å². The second-order valence-electron chi connectivity index (χ2n) is 4.85. The lowest BCUT2D eigenvalue weighted by Gasteiger charge is -2.07. The van der Waals surface area contributed by atoms with Crippen molar-refractivity contribution in [3.8, 4) is 5.75 Å². The van der Waals surface area contributed by atoms with Crippen LogP contribution in [0.15, 0.2) is 36.4 Å². The molecule has 4 heteroatoms. The quantitative estimate of drug-likeness (QED) is 0.754. The molecule has 2 aromatic carbocycles. The Morgan fingerprint density at radius 1 is 1.24 bits per heavy atom. The van der Waals surface area contributed by atoms with Crippen LogP contribution in [0.5, 0.6) is 5.75 Å². The zero-order valence-electron chi connectivity index (χ0n) is 12.0. The van der Waals surface area contributed by atoms with Gasteiger partial charge >= 0.3 is 0 Å². The van der Waals surface area contributed by atoms with Crippen molar-refractivity contribution in [3.05, 3.63) is 63.9 Å². The van der Waals surface area contributed by atoms with Gasteiger partial charge in [-0.15, -0.1) is 0 Å². The first-order chi connectivity index (χ1) is 10.0. The highest BCUT2D eigenvalue weighted by Gasteiger charge is 2.13. The zero-order chi connectivity index (χ0) is 15.4. The number of ketones is 1. The predicted octanol–water partition coefficient (Wildman–Crippen LogP) is 4.61. The van der Waals surface area contributed by atoms with Gasteiger partial charge in [0.2, 0.25) is 0 Å². The number of rotatable bonds is 5. The molecule has 0 N–H and O–H groups in total. The van der Waals surface area contributed by atoms with Crippen LogP contribution in [-0.2, 0) is 6.42 Å². The molecule has 0 bridgehead atoms. The van der Waals surface area contributed by atoms with E-state index in [-0.39, 0.29) is 10.8 Å². The highest BCUT2D eigenvalue weighted by atomic mass is 35.5. The van der Waals surface area contributed by atoms with E-state index in [1.54, 1.807) is 14.0 Å². The third kappa shape index (κ3) is 3.82. The molecule has 0 radical (unpaired) electrons. The number of benzene rings is 2. The van der Waals surface area contributed by atoms with Gasteiger partial charge in [-0.25, -0.2) is 4.39 Å². The molecule has 0 saturated heterocycles. The van der Waals surface area contributed by atoms with Crippen molar-refractivity contribution < 1.29 is 13.9 Å². The molecular weight excluding hydrogens is 291 g/mol. The van der Waals surface area contributed by atoms with Crippen molar-refractivity contribution in [1.29, 1.82) is 0 Å². The first-order valence-electron chi connectivity index (χ1n) is 6.63. The van der Waals surface area contributed by atoms with Crippen molar-refractivity contribution in [1.82, 2.24) is 0 Å². The molecule has 0 heterocycles. The summed E-state index contributed by atoms with van der Waals surface area (Å²) in [4.78, 5) is 12.2. The van der Waals surface area contributed by atoms with Crippen LogP contribution in [0, 0.1) is 12.7 Å². The highest BCUT2D eigenvalue weighted by Crippen LogP contribution is 2.22. The standard InChI is InChI=1S/C17H16ClFO2/c1-11-9-14(15(18)10-16(11)19)17(20)8-5-12-3-6-13(21-2)7-4-12/h3-4,6-7,9-10H,5,8H2,1-2H3. The summed E-state index contributed by atoms with van der Waals surface area (Å²) in [5, 5.41) is 0.165. The van der Waals surface area contributed by atoms with Crippen molar-refractivity contribution in [2.24, 2.45) is 0 Å². The maximum absolute atomic E-state index is 13.3. The number of hydrogen-bond donors (Lipinski definition) is 0. The van der Waals surface area contributed by atoms with E-state index in [0.717, 1.165) is 11.3 Å². The Bertz CT molecular complexity index is 651. The molecule has 0 fully saturated rings. The number of carbonyl (C=O) groups excluding carboxylic acids is 1. The van der Waals surface area contributed by atoms with Crippen LogP contribution in [0.4, 0.5) is 4.39 Å². The van der Waals surface area contributed by atoms with E-state index in [0.29, 0.717) is 24.0 Å². The van der Waals surface area contributed by atoms with Crippen LogP contribution in [0.2, 0.25) is 5.02 Å². The van der Waals surface area contributed by atoms with Crippen LogP contribution in [-0.4, -0.2) is 12.9 Å². The average molecular weight is 307 g/mol. The maximum Gasteiger partial charge on any atom is 0.164 e. The topological polar surface area (TPSA) is 26.3 Å². The van der Waals surface area contributed by atoms with E-state index < -0.39 is 5.82 Å². The summed E-state index contributed by atoms with van der Waals surface area (Å²) in [6.07, 6.45) is 0.937. The summed E-state index contributed by atoms with van der Waals surface area (Å²) in [6, 6.07) is 10.3. The summed E-state index contributed by atoms with van der Waals surface area (Å²) in [7, 11) is 1.61. The smallest absolute Gasteiger partial charge is 0.164 e. The van der Waals surface area contributed by atoms with E-state index in [1.165, 1.54) is 12.1 Å². The van der Waals surface area contributed by atoms with Crippen LogP contribution < -0.4 is 4.74 Å². The van der Waals surface area contributed by atoms with Crippen LogP contribution in [0.25, 0.3) is 0 Å². The molecule has 0 aliphatic rings. The summed E-state index contributed by atoms with van der Waals surface area (Å²) in [5.74, 6) is 0.299. The lowest BCUT2D eigenvalue weighted by atomic mass is 10.0. The van der Waals surface area contributed by atoms with Crippen molar-refractivity contribution in [2.45, 2.75) is 19.8 Å². The van der Waals surface area contributed by atoms with Crippen LogP contribution in [0.3, 0.4) is 0 Å². The molecule has 0 amide bonds. The first-order valence-corrected chi connectivity index (χ1v) is 7.01. The molecule has 110 valence electrons. The van der Waals surface area contributed by atoms with E-state index in [1.807, 2.05) is 24.3 Å². The largest absolute Gasteiger partial charge is 0.497 e. The Balaban J connectivity index is 2.06. The average Bonchev–Trinajstić information content (AvgIpc) is 2.49. The second-order valence-corrected chi connectivity index (χ2v) is 5.26. The molecule has 0 unspecified atom stereocenters. The van der Waals surface area contributed by atoms with Gasteiger partial charge in [0, 0.05) is 12.0 Å². The predicted molar refractivity (Wildman–Crippen MR) is 81.8 cm³/mol. The summed E-state index contributed by atoms with van der Waals surface area (Å²) in [6.45, 7) is 1.62. The van der Waals surface area contributed by atoms with Gasteiger partial charge in [0.1, 0.15) is 11.6 Å². The molecule has 2 rings (SSSR count). The van der Waals surface area contributed by atoms with Crippen molar-refractivity contribution in [3.63, 3.8) is 0 Å². The molecule has 21 heavy (non-hydrogen) atoms. The fourth-order valence-corrected chi connectivity index (χ4v) is 2.31. The second kappa shape index (κ2) is 6.72. The van der Waals surface area contributed by atoms with Gasteiger partial charge in [0.15, 0.2) is 5.78 Å². The minimum atomic E-state index is -0.397. The number of carbonyl (C=O) groups is 1. The van der Waals surface area contributed by atoms with Crippen molar-refractivity contribution in [2.75, 3.05) is 7.11 Å². The molecular formula is C17H16ClFO2. The number of Topliss-reactive ketones (excluding diaryl/α,β-unsaturated/α-hetero) is 1. The van der Waals surface area contributed by atoms with Crippen molar-refractivity contribution >= 4 is 17.4 Å². The lowest BCUT2D eigenvalue weighted by Crippen LogP contribution is -2.03. The number of ether oxygens (including phenoxy) is 1. The Labute approximate surface area is 128 Å². The van der Waals surface area contributed by atoms with Crippen LogP contribution in [0.1, 0.15) is 27.9 Å². The minimum Gasteiger partial charge on any atom is -0.497 e.